The molecule has 4 nitrogen and oxygen atoms in total. The molecule has 2 fully saturated rings. The van der Waals surface area contributed by atoms with Crippen molar-refractivity contribution in [1.29, 1.82) is 0 Å². The molecule has 1 atom stereocenters. The van der Waals surface area contributed by atoms with E-state index in [1.165, 1.54) is 16.5 Å². The standard InChI is InChI=1S/C26H28ClN3O/c1-17-4-9-23-22(14-17)18(2)15-24(29-23)28-21-10-13-30(16-21)25(31)26(11-3-12-26)19-5-7-20(27)8-6-19/h4-9,14-15,21H,3,10-13,16H2,1-2H3,(H,28,29)/t21-/m0/s1. The van der Waals surface area contributed by atoms with E-state index in [4.69, 9.17) is 16.6 Å². The summed E-state index contributed by atoms with van der Waals surface area (Å²) in [5.74, 6) is 1.16. The summed E-state index contributed by atoms with van der Waals surface area (Å²) in [6.45, 7) is 5.75. The van der Waals surface area contributed by atoms with Crippen molar-refractivity contribution in [2.24, 2.45) is 0 Å². The van der Waals surface area contributed by atoms with Crippen LogP contribution in [0, 0.1) is 13.8 Å². The first kappa shape index (κ1) is 20.3. The Morgan fingerprint density at radius 2 is 1.90 bits per heavy atom. The summed E-state index contributed by atoms with van der Waals surface area (Å²) in [7, 11) is 0. The summed E-state index contributed by atoms with van der Waals surface area (Å²) in [4.78, 5) is 20.4. The molecule has 1 aliphatic heterocycles. The van der Waals surface area contributed by atoms with Gasteiger partial charge >= 0.3 is 0 Å². The van der Waals surface area contributed by atoms with Crippen LogP contribution in [0.4, 0.5) is 5.82 Å². The van der Waals surface area contributed by atoms with Gasteiger partial charge in [-0.05, 0) is 74.6 Å². The molecule has 1 amide bonds. The first-order valence-corrected chi connectivity index (χ1v) is 11.5. The fourth-order valence-corrected chi connectivity index (χ4v) is 5.21. The number of carbonyl (C=O) groups excluding carboxylic acids is 1. The van der Waals surface area contributed by atoms with E-state index in [1.54, 1.807) is 0 Å². The highest BCUT2D eigenvalue weighted by Gasteiger charge is 2.48. The molecular weight excluding hydrogens is 406 g/mol. The summed E-state index contributed by atoms with van der Waals surface area (Å²) >= 11 is 6.07. The number of anilines is 1. The lowest BCUT2D eigenvalue weighted by Gasteiger charge is -2.43. The van der Waals surface area contributed by atoms with E-state index in [9.17, 15) is 4.79 Å². The number of benzene rings is 2. The molecule has 0 radical (unpaired) electrons. The van der Waals surface area contributed by atoms with E-state index in [0.717, 1.165) is 55.7 Å². The molecule has 0 spiro atoms. The first-order valence-electron chi connectivity index (χ1n) is 11.1. The number of rotatable bonds is 4. The fourth-order valence-electron chi connectivity index (χ4n) is 5.08. The van der Waals surface area contributed by atoms with E-state index in [0.29, 0.717) is 5.02 Å². The summed E-state index contributed by atoms with van der Waals surface area (Å²) in [6.07, 6.45) is 3.89. The maximum Gasteiger partial charge on any atom is 0.233 e. The van der Waals surface area contributed by atoms with Gasteiger partial charge in [-0.25, -0.2) is 4.98 Å². The molecule has 160 valence electrons. The van der Waals surface area contributed by atoms with Gasteiger partial charge in [0.15, 0.2) is 0 Å². The molecule has 2 heterocycles. The number of nitrogens with zero attached hydrogens (tertiary/aromatic N) is 2. The largest absolute Gasteiger partial charge is 0.365 e. The predicted octanol–water partition coefficient (Wildman–Crippen LogP) is 5.64. The second-order valence-corrected chi connectivity index (χ2v) is 9.61. The Labute approximate surface area is 188 Å². The minimum Gasteiger partial charge on any atom is -0.365 e. The van der Waals surface area contributed by atoms with E-state index in [-0.39, 0.29) is 17.4 Å². The highest BCUT2D eigenvalue weighted by Crippen LogP contribution is 2.46. The second-order valence-electron chi connectivity index (χ2n) is 9.17. The lowest BCUT2D eigenvalue weighted by atomic mass is 9.63. The summed E-state index contributed by atoms with van der Waals surface area (Å²) in [5, 5.41) is 5.50. The number of aryl methyl sites for hydroxylation is 2. The minimum absolute atomic E-state index is 0.223. The Bertz CT molecular complexity index is 1140. The SMILES string of the molecule is Cc1ccc2nc(N[C@H]3CCN(C(=O)C4(c5ccc(Cl)cc5)CCC4)C3)cc(C)c2c1. The molecule has 31 heavy (non-hydrogen) atoms. The molecule has 1 N–H and O–H groups in total. The van der Waals surface area contributed by atoms with Gasteiger partial charge in [-0.2, -0.15) is 0 Å². The molecule has 5 rings (SSSR count). The second kappa shape index (κ2) is 7.83. The zero-order chi connectivity index (χ0) is 21.6. The highest BCUT2D eigenvalue weighted by atomic mass is 35.5. The van der Waals surface area contributed by atoms with Gasteiger partial charge in [0.05, 0.1) is 10.9 Å². The van der Waals surface area contributed by atoms with Crippen LogP contribution in [0.2, 0.25) is 5.02 Å². The van der Waals surface area contributed by atoms with Crippen LogP contribution in [0.25, 0.3) is 10.9 Å². The average molecular weight is 434 g/mol. The van der Waals surface area contributed by atoms with Gasteiger partial charge in [0.1, 0.15) is 5.82 Å². The number of carbonyl (C=O) groups is 1. The summed E-state index contributed by atoms with van der Waals surface area (Å²) in [5.41, 5.74) is 4.21. The third-order valence-electron chi connectivity index (χ3n) is 7.01. The van der Waals surface area contributed by atoms with Crippen LogP contribution in [0.5, 0.6) is 0 Å². The Kier molecular flexibility index (Phi) is 5.13. The summed E-state index contributed by atoms with van der Waals surface area (Å²) < 4.78 is 0. The Morgan fingerprint density at radius 1 is 1.13 bits per heavy atom. The maximum atomic E-state index is 13.5. The number of pyridine rings is 1. The van der Waals surface area contributed by atoms with Crippen LogP contribution >= 0.6 is 11.6 Å². The Hall–Kier alpha value is -2.59. The van der Waals surface area contributed by atoms with Crippen LogP contribution in [-0.2, 0) is 10.2 Å². The lowest BCUT2D eigenvalue weighted by molar-refractivity contribution is -0.139. The van der Waals surface area contributed by atoms with Gasteiger partial charge < -0.3 is 10.2 Å². The lowest BCUT2D eigenvalue weighted by Crippen LogP contribution is -2.50. The van der Waals surface area contributed by atoms with Gasteiger partial charge in [-0.3, -0.25) is 4.79 Å². The number of fused-ring (bicyclic) bond motifs is 1. The van der Waals surface area contributed by atoms with E-state index in [1.807, 2.05) is 29.2 Å². The molecule has 2 aliphatic rings. The topological polar surface area (TPSA) is 45.2 Å². The predicted molar refractivity (Wildman–Crippen MR) is 127 cm³/mol. The summed E-state index contributed by atoms with van der Waals surface area (Å²) in [6, 6.07) is 16.6. The van der Waals surface area contributed by atoms with Gasteiger partial charge in [0.2, 0.25) is 5.91 Å². The fraction of sp³-hybridized carbons (Fsp3) is 0.385. The minimum atomic E-state index is -0.366. The monoisotopic (exact) mass is 433 g/mol. The quantitative estimate of drug-likeness (QED) is 0.579. The third-order valence-corrected chi connectivity index (χ3v) is 7.26. The van der Waals surface area contributed by atoms with E-state index in [2.05, 4.69) is 43.4 Å². The van der Waals surface area contributed by atoms with Crippen LogP contribution in [0.3, 0.4) is 0 Å². The number of hydrogen-bond acceptors (Lipinski definition) is 3. The molecule has 1 aromatic heterocycles. The average Bonchev–Trinajstić information content (AvgIpc) is 3.17. The van der Waals surface area contributed by atoms with Crippen molar-refractivity contribution < 1.29 is 4.79 Å². The van der Waals surface area contributed by atoms with Crippen molar-refractivity contribution in [2.75, 3.05) is 18.4 Å². The highest BCUT2D eigenvalue weighted by molar-refractivity contribution is 6.30. The van der Waals surface area contributed by atoms with E-state index < -0.39 is 0 Å². The zero-order valence-corrected chi connectivity index (χ0v) is 18.9. The molecule has 0 bridgehead atoms. The molecular formula is C26H28ClN3O. The number of amides is 1. The molecule has 1 saturated carbocycles. The molecule has 2 aromatic carbocycles. The van der Waals surface area contributed by atoms with Gasteiger partial charge in [0, 0.05) is 29.5 Å². The van der Waals surface area contributed by atoms with E-state index >= 15 is 0 Å². The normalized spacial score (nSPS) is 20.0. The van der Waals surface area contributed by atoms with Gasteiger partial charge in [-0.15, -0.1) is 0 Å². The van der Waals surface area contributed by atoms with Crippen molar-refractivity contribution in [2.45, 2.75) is 51.0 Å². The molecule has 5 heteroatoms. The van der Waals surface area contributed by atoms with Crippen LogP contribution in [0.1, 0.15) is 42.4 Å². The van der Waals surface area contributed by atoms with Crippen molar-refractivity contribution >= 4 is 34.2 Å². The Balaban J connectivity index is 1.31. The molecule has 0 unspecified atom stereocenters. The maximum absolute atomic E-state index is 13.5. The van der Waals surface area contributed by atoms with Gasteiger partial charge in [0.25, 0.3) is 0 Å². The zero-order valence-electron chi connectivity index (χ0n) is 18.1. The van der Waals surface area contributed by atoms with Crippen LogP contribution in [0.15, 0.2) is 48.5 Å². The van der Waals surface area contributed by atoms with Crippen molar-refractivity contribution in [1.82, 2.24) is 9.88 Å². The van der Waals surface area contributed by atoms with Crippen LogP contribution in [-0.4, -0.2) is 34.9 Å². The van der Waals surface area contributed by atoms with Crippen molar-refractivity contribution in [3.63, 3.8) is 0 Å². The van der Waals surface area contributed by atoms with Crippen molar-refractivity contribution in [3.05, 3.63) is 70.2 Å². The first-order chi connectivity index (χ1) is 14.9. The number of likely N-dealkylation sites (tertiary alicyclic amines) is 1. The number of hydrogen-bond donors (Lipinski definition) is 1. The smallest absolute Gasteiger partial charge is 0.233 e. The number of nitrogens with one attached hydrogen (secondary N) is 1. The molecule has 3 aromatic rings. The third kappa shape index (κ3) is 3.67. The van der Waals surface area contributed by atoms with Gasteiger partial charge in [-0.1, -0.05) is 41.8 Å². The van der Waals surface area contributed by atoms with Crippen molar-refractivity contribution in [3.8, 4) is 0 Å². The molecule has 1 aliphatic carbocycles. The number of aromatic nitrogens is 1. The van der Waals surface area contributed by atoms with Crippen LogP contribution < -0.4 is 5.32 Å². The molecule has 1 saturated heterocycles. The Morgan fingerprint density at radius 3 is 2.61 bits per heavy atom. The number of halogens is 1.